The summed E-state index contributed by atoms with van der Waals surface area (Å²) in [6.45, 7) is 2.43. The van der Waals surface area contributed by atoms with Crippen molar-refractivity contribution in [1.82, 2.24) is 4.90 Å². The first-order valence-electron chi connectivity index (χ1n) is 11.6. The second kappa shape index (κ2) is 8.74. The molecule has 5 nitrogen and oxygen atoms in total. The van der Waals surface area contributed by atoms with Crippen LogP contribution in [0.5, 0.6) is 5.75 Å². The van der Waals surface area contributed by atoms with Crippen LogP contribution >= 0.6 is 0 Å². The van der Waals surface area contributed by atoms with E-state index in [4.69, 9.17) is 4.74 Å². The van der Waals surface area contributed by atoms with E-state index in [9.17, 15) is 14.7 Å². The lowest BCUT2D eigenvalue weighted by molar-refractivity contribution is -0.141. The summed E-state index contributed by atoms with van der Waals surface area (Å²) in [7, 11) is 0. The van der Waals surface area contributed by atoms with Gasteiger partial charge in [-0.05, 0) is 48.2 Å². The number of aliphatic hydroxyl groups is 1. The summed E-state index contributed by atoms with van der Waals surface area (Å²) >= 11 is 0. The van der Waals surface area contributed by atoms with E-state index in [0.717, 1.165) is 42.0 Å². The van der Waals surface area contributed by atoms with Crippen LogP contribution in [0, 0.1) is 0 Å². The fourth-order valence-corrected chi connectivity index (χ4v) is 5.25. The molecule has 2 fully saturated rings. The Morgan fingerprint density at radius 3 is 2.52 bits per heavy atom. The second-order valence-electron chi connectivity index (χ2n) is 8.68. The molecule has 1 saturated heterocycles. The van der Waals surface area contributed by atoms with Crippen molar-refractivity contribution in [3.8, 4) is 5.75 Å². The van der Waals surface area contributed by atoms with Crippen LogP contribution in [0.1, 0.15) is 49.8 Å². The zero-order valence-electron chi connectivity index (χ0n) is 18.7. The third-order valence-corrected chi connectivity index (χ3v) is 6.73. The number of Topliss-reactive ketones (excluding diaryl/α,β-unsaturated/α-hetero) is 1. The lowest BCUT2D eigenvalue weighted by Crippen LogP contribution is -2.37. The van der Waals surface area contributed by atoms with Crippen LogP contribution < -0.4 is 4.74 Å². The summed E-state index contributed by atoms with van der Waals surface area (Å²) < 4.78 is 5.69. The highest BCUT2D eigenvalue weighted by Crippen LogP contribution is 2.44. The minimum Gasteiger partial charge on any atom is -0.507 e. The van der Waals surface area contributed by atoms with Crippen LogP contribution in [0.3, 0.4) is 0 Å². The van der Waals surface area contributed by atoms with Gasteiger partial charge in [0, 0.05) is 11.6 Å². The van der Waals surface area contributed by atoms with E-state index in [-0.39, 0.29) is 17.4 Å². The maximum absolute atomic E-state index is 13.4. The van der Waals surface area contributed by atoms with Crippen molar-refractivity contribution in [2.45, 2.75) is 44.7 Å². The molecule has 1 atom stereocenters. The topological polar surface area (TPSA) is 66.8 Å². The number of aliphatic hydroxyl groups excluding tert-OH is 1. The number of likely N-dealkylation sites (tertiary alicyclic amines) is 1. The van der Waals surface area contributed by atoms with Gasteiger partial charge in [0.15, 0.2) is 0 Å². The van der Waals surface area contributed by atoms with E-state index in [1.807, 2.05) is 67.6 Å². The summed E-state index contributed by atoms with van der Waals surface area (Å²) in [4.78, 5) is 28.4. The van der Waals surface area contributed by atoms with E-state index >= 15 is 0 Å². The SMILES string of the molecule is CCOc1cccc(C2/C(=C(/O)c3cccc4ccccc34)C(=O)C(=O)N2C2CCCC2)c1. The fourth-order valence-electron chi connectivity index (χ4n) is 5.25. The lowest BCUT2D eigenvalue weighted by atomic mass is 9.93. The molecule has 1 saturated carbocycles. The first kappa shape index (κ1) is 21.3. The number of benzene rings is 3. The number of hydrogen-bond acceptors (Lipinski definition) is 4. The zero-order valence-corrected chi connectivity index (χ0v) is 18.7. The van der Waals surface area contributed by atoms with Gasteiger partial charge in [-0.25, -0.2) is 0 Å². The first-order valence-corrected chi connectivity index (χ1v) is 11.6. The average molecular weight is 442 g/mol. The number of amides is 1. The highest BCUT2D eigenvalue weighted by molar-refractivity contribution is 6.46. The number of rotatable bonds is 5. The van der Waals surface area contributed by atoms with Crippen molar-refractivity contribution >= 4 is 28.2 Å². The Bertz CT molecular complexity index is 1250. The quantitative estimate of drug-likeness (QED) is 0.318. The first-order chi connectivity index (χ1) is 16.1. The smallest absolute Gasteiger partial charge is 0.295 e. The number of fused-ring (bicyclic) bond motifs is 1. The maximum atomic E-state index is 13.4. The van der Waals surface area contributed by atoms with Crippen molar-refractivity contribution in [1.29, 1.82) is 0 Å². The summed E-state index contributed by atoms with van der Waals surface area (Å²) in [5.74, 6) is -0.607. The molecule has 168 valence electrons. The Kier molecular flexibility index (Phi) is 5.63. The van der Waals surface area contributed by atoms with Crippen molar-refractivity contribution in [3.63, 3.8) is 0 Å². The Labute approximate surface area is 193 Å². The molecule has 5 heteroatoms. The Hall–Kier alpha value is -3.60. The van der Waals surface area contributed by atoms with Crippen LogP contribution in [0.25, 0.3) is 16.5 Å². The number of hydrogen-bond donors (Lipinski definition) is 1. The van der Waals surface area contributed by atoms with Gasteiger partial charge in [-0.1, -0.05) is 67.4 Å². The van der Waals surface area contributed by atoms with Gasteiger partial charge < -0.3 is 14.7 Å². The molecular weight excluding hydrogens is 414 g/mol. The molecule has 1 aliphatic carbocycles. The second-order valence-corrected chi connectivity index (χ2v) is 8.68. The Balaban J connectivity index is 1.72. The maximum Gasteiger partial charge on any atom is 0.295 e. The molecule has 1 N–H and O–H groups in total. The van der Waals surface area contributed by atoms with E-state index in [1.54, 1.807) is 11.0 Å². The molecule has 3 aromatic rings. The third-order valence-electron chi connectivity index (χ3n) is 6.73. The van der Waals surface area contributed by atoms with Gasteiger partial charge in [0.05, 0.1) is 18.2 Å². The minimum absolute atomic E-state index is 0.0139. The number of nitrogens with zero attached hydrogens (tertiary/aromatic N) is 1. The van der Waals surface area contributed by atoms with Gasteiger partial charge in [-0.2, -0.15) is 0 Å². The number of ketones is 1. The molecule has 0 spiro atoms. The van der Waals surface area contributed by atoms with Gasteiger partial charge in [0.1, 0.15) is 11.5 Å². The largest absolute Gasteiger partial charge is 0.507 e. The molecule has 1 aliphatic heterocycles. The van der Waals surface area contributed by atoms with Crippen molar-refractivity contribution in [2.24, 2.45) is 0 Å². The Morgan fingerprint density at radius 2 is 1.73 bits per heavy atom. The van der Waals surface area contributed by atoms with Crippen LogP contribution in [0.15, 0.2) is 72.3 Å². The third kappa shape index (κ3) is 3.67. The van der Waals surface area contributed by atoms with Gasteiger partial charge in [0.2, 0.25) is 0 Å². The molecule has 2 aliphatic rings. The predicted molar refractivity (Wildman–Crippen MR) is 128 cm³/mol. The summed E-state index contributed by atoms with van der Waals surface area (Å²) in [6.07, 6.45) is 3.79. The van der Waals surface area contributed by atoms with E-state index < -0.39 is 17.7 Å². The van der Waals surface area contributed by atoms with E-state index in [2.05, 4.69) is 0 Å². The molecule has 0 aromatic heterocycles. The normalized spacial score (nSPS) is 20.6. The van der Waals surface area contributed by atoms with Gasteiger partial charge in [-0.3, -0.25) is 9.59 Å². The molecule has 1 amide bonds. The molecule has 3 aromatic carbocycles. The lowest BCUT2D eigenvalue weighted by Gasteiger charge is -2.31. The van der Waals surface area contributed by atoms with E-state index in [0.29, 0.717) is 17.9 Å². The van der Waals surface area contributed by atoms with Gasteiger partial charge in [0.25, 0.3) is 11.7 Å². The molecule has 1 heterocycles. The monoisotopic (exact) mass is 441 g/mol. The highest BCUT2D eigenvalue weighted by atomic mass is 16.5. The number of carbonyl (C=O) groups is 2. The van der Waals surface area contributed by atoms with Crippen LogP contribution in [-0.2, 0) is 9.59 Å². The molecule has 1 unspecified atom stereocenters. The van der Waals surface area contributed by atoms with Crippen molar-refractivity contribution in [2.75, 3.05) is 6.61 Å². The molecule has 0 radical (unpaired) electrons. The highest BCUT2D eigenvalue weighted by Gasteiger charge is 2.49. The molecule has 5 rings (SSSR count). The van der Waals surface area contributed by atoms with Gasteiger partial charge >= 0.3 is 0 Å². The molecule has 0 bridgehead atoms. The molecule has 33 heavy (non-hydrogen) atoms. The zero-order chi connectivity index (χ0) is 22.9. The standard InChI is InChI=1S/C28H27NO4/c1-2-33-21-14-7-11-19(17-21)25-24(27(31)28(32)29(25)20-12-4-5-13-20)26(30)23-16-8-10-18-9-3-6-15-22(18)23/h3,6-11,14-17,20,25,30H,2,4-5,12-13H2,1H3/b26-24-. The summed E-state index contributed by atoms with van der Waals surface area (Å²) in [5, 5.41) is 13.3. The summed E-state index contributed by atoms with van der Waals surface area (Å²) in [5.41, 5.74) is 1.48. The predicted octanol–water partition coefficient (Wildman–Crippen LogP) is 5.60. The fraction of sp³-hybridized carbons (Fsp3) is 0.286. The minimum atomic E-state index is -0.646. The van der Waals surface area contributed by atoms with Crippen molar-refractivity contribution < 1.29 is 19.4 Å². The number of ether oxygens (including phenoxy) is 1. The Morgan fingerprint density at radius 1 is 1.00 bits per heavy atom. The summed E-state index contributed by atoms with van der Waals surface area (Å²) in [6, 6.07) is 20.2. The van der Waals surface area contributed by atoms with Crippen LogP contribution in [0.4, 0.5) is 0 Å². The average Bonchev–Trinajstić information content (AvgIpc) is 3.45. The van der Waals surface area contributed by atoms with Crippen LogP contribution in [0.2, 0.25) is 0 Å². The van der Waals surface area contributed by atoms with Gasteiger partial charge in [-0.15, -0.1) is 0 Å². The molecular formula is C28H27NO4. The van der Waals surface area contributed by atoms with Crippen molar-refractivity contribution in [3.05, 3.63) is 83.4 Å². The van der Waals surface area contributed by atoms with E-state index in [1.165, 1.54) is 0 Å². The number of carbonyl (C=O) groups excluding carboxylic acids is 2. The van der Waals surface area contributed by atoms with Crippen LogP contribution in [-0.4, -0.2) is 34.3 Å².